The van der Waals surface area contributed by atoms with Crippen LogP contribution < -0.4 is 0 Å². The molecule has 0 unspecified atom stereocenters. The first-order valence-corrected chi connectivity index (χ1v) is 6.05. The lowest BCUT2D eigenvalue weighted by Gasteiger charge is -2.05. The molecule has 0 spiro atoms. The second-order valence-corrected chi connectivity index (χ2v) is 3.22. The topological polar surface area (TPSA) is 12.9 Å². The SMILES string of the molecule is CC.CCCc1ncc(C)cc1CC.[B][B]. The lowest BCUT2D eigenvalue weighted by atomic mass is 9.81. The van der Waals surface area contributed by atoms with Crippen LogP contribution in [-0.4, -0.2) is 20.5 Å². The van der Waals surface area contributed by atoms with Crippen LogP contribution in [0.2, 0.25) is 0 Å². The van der Waals surface area contributed by atoms with Crippen molar-refractivity contribution in [1.29, 1.82) is 0 Å². The molecule has 0 aliphatic carbocycles. The van der Waals surface area contributed by atoms with Gasteiger partial charge < -0.3 is 0 Å². The largest absolute Gasteiger partial charge is 0.261 e. The quantitative estimate of drug-likeness (QED) is 0.705. The molecular weight excluding hydrogens is 192 g/mol. The van der Waals surface area contributed by atoms with Gasteiger partial charge in [0.15, 0.2) is 0 Å². The van der Waals surface area contributed by atoms with Crippen molar-refractivity contribution in [3.8, 4) is 0 Å². The van der Waals surface area contributed by atoms with Gasteiger partial charge in [0.2, 0.25) is 0 Å². The number of rotatable bonds is 3. The molecule has 16 heavy (non-hydrogen) atoms. The average Bonchev–Trinajstić information content (AvgIpc) is 2.36. The first-order chi connectivity index (χ1) is 7.77. The van der Waals surface area contributed by atoms with Crippen molar-refractivity contribution in [2.75, 3.05) is 0 Å². The Hall–Kier alpha value is -0.720. The summed E-state index contributed by atoms with van der Waals surface area (Å²) >= 11 is 0. The Morgan fingerprint density at radius 3 is 2.19 bits per heavy atom. The Bertz CT molecular complexity index is 262. The molecule has 0 bridgehead atoms. The van der Waals surface area contributed by atoms with Crippen LogP contribution in [-0.2, 0) is 12.8 Å². The summed E-state index contributed by atoms with van der Waals surface area (Å²) in [6.07, 6.45) is 5.36. The van der Waals surface area contributed by atoms with Crippen molar-refractivity contribution >= 4 is 15.5 Å². The van der Waals surface area contributed by atoms with Gasteiger partial charge in [-0.1, -0.05) is 40.2 Å². The maximum absolute atomic E-state index is 4.44. The molecule has 4 radical (unpaired) electrons. The molecule has 1 nitrogen and oxygen atoms in total. The summed E-state index contributed by atoms with van der Waals surface area (Å²) in [5.74, 6) is 0. The van der Waals surface area contributed by atoms with Crippen LogP contribution in [0.4, 0.5) is 0 Å². The van der Waals surface area contributed by atoms with Gasteiger partial charge in [0, 0.05) is 27.4 Å². The van der Waals surface area contributed by atoms with Crippen LogP contribution in [0.3, 0.4) is 0 Å². The first kappa shape index (κ1) is 17.7. The number of hydrogen-bond donors (Lipinski definition) is 0. The maximum Gasteiger partial charge on any atom is 0.0435 e. The predicted octanol–water partition coefficient (Wildman–Crippen LogP) is 3.17. The molecule has 1 aromatic heterocycles. The highest BCUT2D eigenvalue weighted by atomic mass is 14.7. The van der Waals surface area contributed by atoms with Gasteiger partial charge in [-0.15, -0.1) is 0 Å². The number of aryl methyl sites for hydroxylation is 3. The lowest BCUT2D eigenvalue weighted by molar-refractivity contribution is 0.854. The normalized spacial score (nSPS) is 8.31. The fourth-order valence-corrected chi connectivity index (χ4v) is 1.43. The van der Waals surface area contributed by atoms with E-state index in [4.69, 9.17) is 0 Å². The summed E-state index contributed by atoms with van der Waals surface area (Å²) < 4.78 is 0. The summed E-state index contributed by atoms with van der Waals surface area (Å²) in [7, 11) is 8.00. The average molecular weight is 215 g/mol. The molecule has 1 aromatic rings. The fourth-order valence-electron chi connectivity index (χ4n) is 1.43. The number of aromatic nitrogens is 1. The predicted molar refractivity (Wildman–Crippen MR) is 75.2 cm³/mol. The van der Waals surface area contributed by atoms with Gasteiger partial charge in [-0.2, -0.15) is 0 Å². The highest BCUT2D eigenvalue weighted by Crippen LogP contribution is 2.10. The molecule has 0 saturated carbocycles. The molecule has 86 valence electrons. The number of nitrogens with zero attached hydrogens (tertiary/aromatic N) is 1. The molecule has 0 aliphatic heterocycles. The van der Waals surface area contributed by atoms with Crippen molar-refractivity contribution in [2.45, 2.75) is 53.9 Å². The van der Waals surface area contributed by atoms with E-state index in [1.54, 1.807) is 0 Å². The van der Waals surface area contributed by atoms with Gasteiger partial charge in [-0.3, -0.25) is 4.98 Å². The van der Waals surface area contributed by atoms with Crippen LogP contribution in [0.25, 0.3) is 0 Å². The Kier molecular flexibility index (Phi) is 13.6. The van der Waals surface area contributed by atoms with E-state index in [0.717, 1.165) is 12.8 Å². The van der Waals surface area contributed by atoms with E-state index in [9.17, 15) is 0 Å². The zero-order valence-electron chi connectivity index (χ0n) is 11.4. The molecule has 1 rings (SSSR count). The summed E-state index contributed by atoms with van der Waals surface area (Å²) in [5.41, 5.74) is 3.97. The van der Waals surface area contributed by atoms with E-state index in [0.29, 0.717) is 0 Å². The van der Waals surface area contributed by atoms with E-state index >= 15 is 0 Å². The highest BCUT2D eigenvalue weighted by molar-refractivity contribution is 6.75. The van der Waals surface area contributed by atoms with Gasteiger partial charge in [-0.05, 0) is 30.9 Å². The Balaban J connectivity index is 0. The van der Waals surface area contributed by atoms with Gasteiger partial charge in [0.05, 0.1) is 0 Å². The molecule has 0 saturated heterocycles. The second kappa shape index (κ2) is 12.3. The molecule has 0 aliphatic rings. The maximum atomic E-state index is 4.44. The van der Waals surface area contributed by atoms with Crippen LogP contribution in [0, 0.1) is 6.92 Å². The molecule has 0 atom stereocenters. The second-order valence-electron chi connectivity index (χ2n) is 3.22. The molecule has 0 aromatic carbocycles. The number of hydrogen-bond acceptors (Lipinski definition) is 1. The van der Waals surface area contributed by atoms with Crippen molar-refractivity contribution < 1.29 is 0 Å². The van der Waals surface area contributed by atoms with Crippen molar-refractivity contribution in [2.24, 2.45) is 0 Å². The Morgan fingerprint density at radius 2 is 1.75 bits per heavy atom. The van der Waals surface area contributed by atoms with Gasteiger partial charge in [-0.25, -0.2) is 0 Å². The standard InChI is InChI=1S/C11H17N.C2H6.B2/c1-4-6-11-10(5-2)7-9(3)8-12-11;2*1-2/h7-8H,4-6H2,1-3H3;1-2H3;. The van der Waals surface area contributed by atoms with E-state index in [-0.39, 0.29) is 0 Å². The highest BCUT2D eigenvalue weighted by Gasteiger charge is 2.00. The molecular formula is C13H23B2N. The zero-order valence-corrected chi connectivity index (χ0v) is 11.4. The zero-order chi connectivity index (χ0) is 13.0. The lowest BCUT2D eigenvalue weighted by Crippen LogP contribution is -1.96. The van der Waals surface area contributed by atoms with Gasteiger partial charge >= 0.3 is 0 Å². The minimum absolute atomic E-state index is 1.10. The van der Waals surface area contributed by atoms with E-state index in [1.165, 1.54) is 23.2 Å². The van der Waals surface area contributed by atoms with Crippen LogP contribution in [0.15, 0.2) is 12.3 Å². The van der Waals surface area contributed by atoms with E-state index in [2.05, 4.69) is 47.3 Å². The number of pyridine rings is 1. The summed E-state index contributed by atoms with van der Waals surface area (Å²) in [4.78, 5) is 4.44. The van der Waals surface area contributed by atoms with Gasteiger partial charge in [0.1, 0.15) is 0 Å². The molecule has 0 N–H and O–H groups in total. The summed E-state index contributed by atoms with van der Waals surface area (Å²) in [5, 5.41) is 0. The third kappa shape index (κ3) is 6.71. The third-order valence-electron chi connectivity index (χ3n) is 2.06. The fraction of sp³-hybridized carbons (Fsp3) is 0.615. The van der Waals surface area contributed by atoms with Crippen LogP contribution in [0.1, 0.15) is 50.9 Å². The molecule has 0 fully saturated rings. The minimum atomic E-state index is 1.10. The van der Waals surface area contributed by atoms with Crippen molar-refractivity contribution in [3.63, 3.8) is 0 Å². The van der Waals surface area contributed by atoms with Crippen molar-refractivity contribution in [3.05, 3.63) is 29.1 Å². The molecule has 1 heterocycles. The minimum Gasteiger partial charge on any atom is -0.261 e. The van der Waals surface area contributed by atoms with Crippen LogP contribution >= 0.6 is 0 Å². The molecule has 3 heteroatoms. The molecule has 0 amide bonds. The van der Waals surface area contributed by atoms with E-state index < -0.39 is 0 Å². The Morgan fingerprint density at radius 1 is 1.19 bits per heavy atom. The summed E-state index contributed by atoms with van der Waals surface area (Å²) in [6, 6.07) is 2.25. The van der Waals surface area contributed by atoms with Crippen molar-refractivity contribution in [1.82, 2.24) is 4.98 Å². The smallest absolute Gasteiger partial charge is 0.0435 e. The first-order valence-electron chi connectivity index (χ1n) is 6.05. The summed E-state index contributed by atoms with van der Waals surface area (Å²) in [6.45, 7) is 10.5. The Labute approximate surface area is 104 Å². The monoisotopic (exact) mass is 215 g/mol. The van der Waals surface area contributed by atoms with E-state index in [1.807, 2.05) is 20.0 Å². The van der Waals surface area contributed by atoms with Crippen LogP contribution in [0.5, 0.6) is 0 Å². The van der Waals surface area contributed by atoms with Gasteiger partial charge in [0.25, 0.3) is 0 Å². The third-order valence-corrected chi connectivity index (χ3v) is 2.06.